The third kappa shape index (κ3) is 5.65. The molecule has 30 heavy (non-hydrogen) atoms. The number of carbonyl (C=O) groups is 1. The van der Waals surface area contributed by atoms with Crippen molar-refractivity contribution >= 4 is 59.1 Å². The summed E-state index contributed by atoms with van der Waals surface area (Å²) in [6.45, 7) is 3.77. The lowest BCUT2D eigenvalue weighted by Gasteiger charge is -2.31. The van der Waals surface area contributed by atoms with Crippen molar-refractivity contribution in [1.82, 2.24) is 4.98 Å². The molecule has 8 heteroatoms. The molecule has 3 aromatic rings. The van der Waals surface area contributed by atoms with Crippen molar-refractivity contribution in [3.63, 3.8) is 0 Å². The molecule has 160 valence electrons. The van der Waals surface area contributed by atoms with Gasteiger partial charge >= 0.3 is 0 Å². The van der Waals surface area contributed by atoms with E-state index in [0.717, 1.165) is 48.0 Å². The van der Waals surface area contributed by atoms with Crippen LogP contribution in [0.5, 0.6) is 0 Å². The van der Waals surface area contributed by atoms with Gasteiger partial charge in [0.1, 0.15) is 5.01 Å². The highest BCUT2D eigenvalue weighted by atomic mass is 35.5. The maximum atomic E-state index is 12.3. The highest BCUT2D eigenvalue weighted by molar-refractivity contribution is 7.09. The van der Waals surface area contributed by atoms with E-state index in [2.05, 4.69) is 26.6 Å². The Balaban J connectivity index is 0.00000160. The molecule has 0 saturated carbocycles. The number of carbonyl (C=O) groups excluding carboxylic acids is 1. The molecule has 0 fully saturated rings. The molecule has 3 N–H and O–H groups in total. The zero-order valence-electron chi connectivity index (χ0n) is 16.8. The van der Waals surface area contributed by atoms with Crippen LogP contribution in [-0.2, 0) is 24.2 Å². The molecule has 0 bridgehead atoms. The Bertz CT molecular complexity index is 991. The lowest BCUT2D eigenvalue weighted by atomic mass is 10.00. The zero-order valence-corrected chi connectivity index (χ0v) is 19.2. The van der Waals surface area contributed by atoms with E-state index in [1.807, 2.05) is 43.3 Å². The second-order valence-corrected chi connectivity index (χ2v) is 8.14. The Morgan fingerprint density at radius 3 is 2.73 bits per heavy atom. The summed E-state index contributed by atoms with van der Waals surface area (Å²) in [7, 11) is 0. The number of nitrogens with zero attached hydrogens (tertiary/aromatic N) is 2. The van der Waals surface area contributed by atoms with Crippen LogP contribution in [0.25, 0.3) is 0 Å². The standard InChI is InChI=1S/C22H24N4OS.2ClH/c1-15-7-9-16(10-8-15)24-21(27)12-22-25-17(14-28-22)13-26-11-3-4-18-19(23)5-2-6-20(18)26;;/h2,5-10,14H,3-4,11-13,23H2,1H3,(H,24,27);2*1H. The average Bonchev–Trinajstić information content (AvgIpc) is 3.11. The van der Waals surface area contributed by atoms with Crippen molar-refractivity contribution < 1.29 is 4.79 Å². The number of amides is 1. The molecule has 2 aromatic carbocycles. The molecular weight excluding hydrogens is 439 g/mol. The number of rotatable bonds is 5. The number of benzene rings is 2. The Morgan fingerprint density at radius 1 is 1.20 bits per heavy atom. The van der Waals surface area contributed by atoms with Gasteiger partial charge in [0.25, 0.3) is 0 Å². The Labute approximate surface area is 193 Å². The minimum Gasteiger partial charge on any atom is -0.398 e. The lowest BCUT2D eigenvalue weighted by molar-refractivity contribution is -0.115. The van der Waals surface area contributed by atoms with Crippen LogP contribution in [0.15, 0.2) is 47.8 Å². The molecule has 4 rings (SSSR count). The molecule has 5 nitrogen and oxygen atoms in total. The number of hydrogen-bond donors (Lipinski definition) is 2. The molecule has 0 radical (unpaired) electrons. The van der Waals surface area contributed by atoms with Gasteiger partial charge in [0.05, 0.1) is 18.7 Å². The Kier molecular flexibility index (Phi) is 8.53. The lowest BCUT2D eigenvalue weighted by Crippen LogP contribution is -2.29. The summed E-state index contributed by atoms with van der Waals surface area (Å²) in [5.41, 5.74) is 12.4. The largest absolute Gasteiger partial charge is 0.398 e. The topological polar surface area (TPSA) is 71.2 Å². The number of hydrogen-bond acceptors (Lipinski definition) is 5. The minimum absolute atomic E-state index is 0. The van der Waals surface area contributed by atoms with Gasteiger partial charge in [-0.2, -0.15) is 0 Å². The van der Waals surface area contributed by atoms with Gasteiger partial charge in [-0.25, -0.2) is 4.98 Å². The van der Waals surface area contributed by atoms with E-state index in [4.69, 9.17) is 5.73 Å². The van der Waals surface area contributed by atoms with Crippen LogP contribution in [0.2, 0.25) is 0 Å². The number of nitrogens with two attached hydrogens (primary N) is 1. The van der Waals surface area contributed by atoms with Crippen LogP contribution >= 0.6 is 36.2 Å². The molecule has 1 amide bonds. The van der Waals surface area contributed by atoms with Crippen LogP contribution in [0.4, 0.5) is 17.1 Å². The normalized spacial score (nSPS) is 12.4. The second-order valence-electron chi connectivity index (χ2n) is 7.19. The van der Waals surface area contributed by atoms with Crippen molar-refractivity contribution in [2.75, 3.05) is 22.5 Å². The molecule has 0 unspecified atom stereocenters. The average molecular weight is 465 g/mol. The number of thiazole rings is 1. The van der Waals surface area contributed by atoms with Gasteiger partial charge in [0, 0.05) is 29.0 Å². The van der Waals surface area contributed by atoms with E-state index >= 15 is 0 Å². The fourth-order valence-electron chi connectivity index (χ4n) is 3.57. The third-order valence-electron chi connectivity index (χ3n) is 4.98. The number of aryl methyl sites for hydroxylation is 1. The van der Waals surface area contributed by atoms with Gasteiger partial charge < -0.3 is 16.0 Å². The fraction of sp³-hybridized carbons (Fsp3) is 0.273. The Morgan fingerprint density at radius 2 is 1.97 bits per heavy atom. The van der Waals surface area contributed by atoms with E-state index in [1.165, 1.54) is 16.8 Å². The molecule has 1 aromatic heterocycles. The summed E-state index contributed by atoms with van der Waals surface area (Å²) >= 11 is 1.54. The van der Waals surface area contributed by atoms with E-state index in [-0.39, 0.29) is 30.7 Å². The van der Waals surface area contributed by atoms with Gasteiger partial charge in [-0.15, -0.1) is 36.2 Å². The van der Waals surface area contributed by atoms with Gasteiger partial charge in [0.2, 0.25) is 5.91 Å². The number of halogens is 2. The maximum absolute atomic E-state index is 12.3. The zero-order chi connectivity index (χ0) is 19.5. The molecular formula is C22H26Cl2N4OS. The van der Waals surface area contributed by atoms with E-state index in [1.54, 1.807) is 11.3 Å². The summed E-state index contributed by atoms with van der Waals surface area (Å²) < 4.78 is 0. The van der Waals surface area contributed by atoms with Crippen molar-refractivity contribution in [3.05, 3.63) is 69.7 Å². The monoisotopic (exact) mass is 464 g/mol. The first kappa shape index (κ1) is 24.0. The van der Waals surface area contributed by atoms with Crippen LogP contribution in [-0.4, -0.2) is 17.4 Å². The highest BCUT2D eigenvalue weighted by Gasteiger charge is 2.19. The van der Waals surface area contributed by atoms with Gasteiger partial charge in [-0.05, 0) is 49.6 Å². The SMILES string of the molecule is Cc1ccc(NC(=O)Cc2nc(CN3CCCc4c(N)cccc43)cs2)cc1.Cl.Cl. The van der Waals surface area contributed by atoms with E-state index in [9.17, 15) is 4.79 Å². The quantitative estimate of drug-likeness (QED) is 0.520. The van der Waals surface area contributed by atoms with E-state index in [0.29, 0.717) is 6.42 Å². The number of anilines is 3. The van der Waals surface area contributed by atoms with Crippen molar-refractivity contribution in [2.45, 2.75) is 32.7 Å². The molecule has 0 spiro atoms. The first-order valence-corrected chi connectivity index (χ1v) is 10.4. The predicted octanol–water partition coefficient (Wildman–Crippen LogP) is 5.01. The van der Waals surface area contributed by atoms with Crippen LogP contribution in [0.3, 0.4) is 0 Å². The number of nitrogen functional groups attached to an aromatic ring is 1. The molecule has 0 saturated heterocycles. The van der Waals surface area contributed by atoms with Gasteiger partial charge in [-0.3, -0.25) is 4.79 Å². The minimum atomic E-state index is -0.0409. The van der Waals surface area contributed by atoms with E-state index < -0.39 is 0 Å². The van der Waals surface area contributed by atoms with Gasteiger partial charge in [-0.1, -0.05) is 23.8 Å². The number of nitrogens with one attached hydrogen (secondary N) is 1. The fourth-order valence-corrected chi connectivity index (χ4v) is 4.35. The van der Waals surface area contributed by atoms with Crippen LogP contribution < -0.4 is 16.0 Å². The molecule has 1 aliphatic heterocycles. The second kappa shape index (κ2) is 10.7. The Hall–Kier alpha value is -2.28. The summed E-state index contributed by atoms with van der Waals surface area (Å²) in [5, 5.41) is 5.82. The summed E-state index contributed by atoms with van der Waals surface area (Å²) in [6.07, 6.45) is 2.42. The maximum Gasteiger partial charge on any atom is 0.231 e. The first-order chi connectivity index (χ1) is 13.6. The first-order valence-electron chi connectivity index (χ1n) is 9.50. The molecule has 0 aliphatic carbocycles. The van der Waals surface area contributed by atoms with Crippen molar-refractivity contribution in [3.8, 4) is 0 Å². The number of fused-ring (bicyclic) bond motifs is 1. The third-order valence-corrected chi connectivity index (χ3v) is 5.88. The summed E-state index contributed by atoms with van der Waals surface area (Å²) in [6, 6.07) is 13.9. The van der Waals surface area contributed by atoms with Crippen LogP contribution in [0, 0.1) is 6.92 Å². The smallest absolute Gasteiger partial charge is 0.231 e. The molecule has 0 atom stereocenters. The highest BCUT2D eigenvalue weighted by Crippen LogP contribution is 2.32. The van der Waals surface area contributed by atoms with Crippen molar-refractivity contribution in [1.29, 1.82) is 0 Å². The number of aromatic nitrogens is 1. The van der Waals surface area contributed by atoms with Crippen molar-refractivity contribution in [2.24, 2.45) is 0 Å². The molecule has 2 heterocycles. The molecule has 1 aliphatic rings. The summed E-state index contributed by atoms with van der Waals surface area (Å²) in [4.78, 5) is 19.3. The summed E-state index contributed by atoms with van der Waals surface area (Å²) in [5.74, 6) is -0.0409. The van der Waals surface area contributed by atoms with Gasteiger partial charge in [0.15, 0.2) is 0 Å². The predicted molar refractivity (Wildman–Crippen MR) is 130 cm³/mol. The van der Waals surface area contributed by atoms with Crippen LogP contribution in [0.1, 0.15) is 28.2 Å².